The summed E-state index contributed by atoms with van der Waals surface area (Å²) in [5.41, 5.74) is 0.588. The lowest BCUT2D eigenvalue weighted by Crippen LogP contribution is -2.20. The van der Waals surface area contributed by atoms with Gasteiger partial charge in [-0.25, -0.2) is 0 Å². The summed E-state index contributed by atoms with van der Waals surface area (Å²) >= 11 is 5.92. The van der Waals surface area contributed by atoms with E-state index in [4.69, 9.17) is 21.1 Å². The molecule has 92 valence electrons. The number of ether oxygens (including phenoxy) is 2. The van der Waals surface area contributed by atoms with E-state index in [1.165, 1.54) is 7.11 Å². The van der Waals surface area contributed by atoms with Crippen LogP contribution >= 0.6 is 11.6 Å². The molecule has 1 fully saturated rings. The first-order valence-corrected chi connectivity index (χ1v) is 6.03. The van der Waals surface area contributed by atoms with Crippen LogP contribution in [0, 0.1) is 0 Å². The van der Waals surface area contributed by atoms with Crippen LogP contribution in [0.5, 0.6) is 5.75 Å². The largest absolute Gasteiger partial charge is 0.495 e. The van der Waals surface area contributed by atoms with Gasteiger partial charge in [-0.15, -0.1) is 0 Å². The van der Waals surface area contributed by atoms with Gasteiger partial charge in [0.2, 0.25) is 0 Å². The van der Waals surface area contributed by atoms with E-state index in [0.717, 1.165) is 12.8 Å². The minimum atomic E-state index is -0.323. The molecule has 1 aliphatic heterocycles. The average molecular weight is 255 g/mol. The van der Waals surface area contributed by atoms with Gasteiger partial charge >= 0.3 is 0 Å². The lowest BCUT2D eigenvalue weighted by atomic mass is 10.0. The molecule has 2 rings (SSSR count). The van der Waals surface area contributed by atoms with Crippen LogP contribution in [0.4, 0.5) is 0 Å². The topological polar surface area (TPSA) is 35.5 Å². The Hall–Kier alpha value is -1.06. The Bertz CT molecular complexity index is 431. The van der Waals surface area contributed by atoms with Crippen LogP contribution in [0.2, 0.25) is 5.02 Å². The summed E-state index contributed by atoms with van der Waals surface area (Å²) in [5.74, 6) is 0.521. The van der Waals surface area contributed by atoms with Gasteiger partial charge in [-0.3, -0.25) is 4.79 Å². The van der Waals surface area contributed by atoms with Crippen molar-refractivity contribution in [3.8, 4) is 5.75 Å². The normalized spacial score (nSPS) is 23.7. The fourth-order valence-corrected chi connectivity index (χ4v) is 2.19. The molecule has 0 N–H and O–H groups in total. The Morgan fingerprint density at radius 3 is 2.82 bits per heavy atom. The molecule has 0 aromatic heterocycles. The first-order chi connectivity index (χ1) is 8.11. The highest BCUT2D eigenvalue weighted by Gasteiger charge is 2.29. The molecule has 0 spiro atoms. The number of carbonyl (C=O) groups is 1. The minimum absolute atomic E-state index is 0.00400. The van der Waals surface area contributed by atoms with Crippen molar-refractivity contribution in [1.29, 1.82) is 0 Å². The number of benzene rings is 1. The van der Waals surface area contributed by atoms with Gasteiger partial charge in [0.15, 0.2) is 5.78 Å². The highest BCUT2D eigenvalue weighted by atomic mass is 35.5. The molecular weight excluding hydrogens is 240 g/mol. The smallest absolute Gasteiger partial charge is 0.191 e. The standard InChI is InChI=1S/C13H15ClO3/c1-8-3-6-11(17-8)13(15)9-4-5-10(14)12(7-9)16-2/h4-5,7-8,11H,3,6H2,1-2H3. The summed E-state index contributed by atoms with van der Waals surface area (Å²) < 4.78 is 10.7. The molecule has 1 aromatic rings. The maximum Gasteiger partial charge on any atom is 0.191 e. The molecule has 0 radical (unpaired) electrons. The summed E-state index contributed by atoms with van der Waals surface area (Å²) in [7, 11) is 1.53. The first-order valence-electron chi connectivity index (χ1n) is 5.65. The number of halogens is 1. The predicted molar refractivity (Wildman–Crippen MR) is 65.9 cm³/mol. The van der Waals surface area contributed by atoms with Gasteiger partial charge in [-0.05, 0) is 38.0 Å². The predicted octanol–water partition coefficient (Wildman–Crippen LogP) is 3.10. The Kier molecular flexibility index (Phi) is 3.69. The Morgan fingerprint density at radius 1 is 1.47 bits per heavy atom. The Labute approximate surface area is 106 Å². The molecule has 1 heterocycles. The van der Waals surface area contributed by atoms with Crippen LogP contribution in [0.25, 0.3) is 0 Å². The zero-order valence-corrected chi connectivity index (χ0v) is 10.7. The third-order valence-electron chi connectivity index (χ3n) is 2.96. The van der Waals surface area contributed by atoms with Crippen LogP contribution in [0.15, 0.2) is 18.2 Å². The van der Waals surface area contributed by atoms with Crippen LogP contribution < -0.4 is 4.74 Å². The monoisotopic (exact) mass is 254 g/mol. The molecule has 2 atom stereocenters. The molecule has 2 unspecified atom stereocenters. The van der Waals surface area contributed by atoms with Gasteiger partial charge in [-0.1, -0.05) is 11.6 Å². The van der Waals surface area contributed by atoms with E-state index < -0.39 is 0 Å². The van der Waals surface area contributed by atoms with Crippen molar-refractivity contribution in [2.75, 3.05) is 7.11 Å². The number of Topliss-reactive ketones (excluding diaryl/α,β-unsaturated/α-hetero) is 1. The maximum absolute atomic E-state index is 12.1. The quantitative estimate of drug-likeness (QED) is 0.778. The molecular formula is C13H15ClO3. The fraction of sp³-hybridized carbons (Fsp3) is 0.462. The first kappa shape index (κ1) is 12.4. The van der Waals surface area contributed by atoms with Crippen molar-refractivity contribution in [2.45, 2.75) is 32.0 Å². The van der Waals surface area contributed by atoms with Crippen LogP contribution in [-0.4, -0.2) is 25.1 Å². The van der Waals surface area contributed by atoms with Crippen LogP contribution in [0.1, 0.15) is 30.1 Å². The molecule has 0 bridgehead atoms. The number of hydrogen-bond donors (Lipinski definition) is 0. The molecule has 3 nitrogen and oxygen atoms in total. The van der Waals surface area contributed by atoms with E-state index in [2.05, 4.69) is 0 Å². The fourth-order valence-electron chi connectivity index (χ4n) is 1.99. The molecule has 0 aliphatic carbocycles. The number of hydrogen-bond acceptors (Lipinski definition) is 3. The summed E-state index contributed by atoms with van der Waals surface area (Å²) in [6, 6.07) is 5.04. The zero-order valence-electron chi connectivity index (χ0n) is 9.90. The second-order valence-electron chi connectivity index (χ2n) is 4.23. The highest BCUT2D eigenvalue weighted by molar-refractivity contribution is 6.32. The van der Waals surface area contributed by atoms with E-state index in [-0.39, 0.29) is 18.0 Å². The van der Waals surface area contributed by atoms with Gasteiger partial charge in [0.05, 0.1) is 18.2 Å². The summed E-state index contributed by atoms with van der Waals surface area (Å²) in [5, 5.41) is 0.504. The van der Waals surface area contributed by atoms with Gasteiger partial charge in [-0.2, -0.15) is 0 Å². The molecule has 0 saturated carbocycles. The molecule has 1 aliphatic rings. The summed E-state index contributed by atoms with van der Waals surface area (Å²) in [6.45, 7) is 1.98. The molecule has 0 amide bonds. The van der Waals surface area contributed by atoms with Gasteiger partial charge in [0, 0.05) is 5.56 Å². The summed E-state index contributed by atoms with van der Waals surface area (Å²) in [6.07, 6.45) is 1.56. The van der Waals surface area contributed by atoms with E-state index in [0.29, 0.717) is 16.3 Å². The van der Waals surface area contributed by atoms with Crippen molar-refractivity contribution >= 4 is 17.4 Å². The Balaban J connectivity index is 2.19. The second-order valence-corrected chi connectivity index (χ2v) is 4.63. The van der Waals surface area contributed by atoms with Gasteiger partial charge < -0.3 is 9.47 Å². The van der Waals surface area contributed by atoms with E-state index in [1.54, 1.807) is 18.2 Å². The third-order valence-corrected chi connectivity index (χ3v) is 3.27. The van der Waals surface area contributed by atoms with Crippen molar-refractivity contribution in [2.24, 2.45) is 0 Å². The van der Waals surface area contributed by atoms with Crippen LogP contribution in [-0.2, 0) is 4.74 Å². The van der Waals surface area contributed by atoms with Crippen molar-refractivity contribution in [3.63, 3.8) is 0 Å². The van der Waals surface area contributed by atoms with Gasteiger partial charge in [0.25, 0.3) is 0 Å². The van der Waals surface area contributed by atoms with E-state index >= 15 is 0 Å². The SMILES string of the molecule is COc1cc(C(=O)C2CCC(C)O2)ccc1Cl. The lowest BCUT2D eigenvalue weighted by molar-refractivity contribution is 0.0433. The van der Waals surface area contributed by atoms with Crippen molar-refractivity contribution in [3.05, 3.63) is 28.8 Å². The number of carbonyl (C=O) groups excluding carboxylic acids is 1. The molecule has 1 aromatic carbocycles. The lowest BCUT2D eigenvalue weighted by Gasteiger charge is -2.11. The number of ketones is 1. The molecule has 4 heteroatoms. The van der Waals surface area contributed by atoms with Gasteiger partial charge in [0.1, 0.15) is 11.9 Å². The third kappa shape index (κ3) is 2.61. The molecule has 17 heavy (non-hydrogen) atoms. The zero-order chi connectivity index (χ0) is 12.4. The minimum Gasteiger partial charge on any atom is -0.495 e. The highest BCUT2D eigenvalue weighted by Crippen LogP contribution is 2.28. The maximum atomic E-state index is 12.1. The van der Waals surface area contributed by atoms with E-state index in [1.807, 2.05) is 6.92 Å². The second kappa shape index (κ2) is 5.07. The summed E-state index contributed by atoms with van der Waals surface area (Å²) in [4.78, 5) is 12.1. The Morgan fingerprint density at radius 2 is 2.24 bits per heavy atom. The molecule has 1 saturated heterocycles. The van der Waals surface area contributed by atoms with E-state index in [9.17, 15) is 4.79 Å². The van der Waals surface area contributed by atoms with Crippen LogP contribution in [0.3, 0.4) is 0 Å². The number of methoxy groups -OCH3 is 1. The van der Waals surface area contributed by atoms with Crippen molar-refractivity contribution < 1.29 is 14.3 Å². The van der Waals surface area contributed by atoms with Crippen molar-refractivity contribution in [1.82, 2.24) is 0 Å². The average Bonchev–Trinajstić information content (AvgIpc) is 2.75. The number of rotatable bonds is 3.